The van der Waals surface area contributed by atoms with Gasteiger partial charge in [-0.05, 0) is 27.9 Å². The van der Waals surface area contributed by atoms with Crippen LogP contribution in [-0.4, -0.2) is 28.9 Å². The van der Waals surface area contributed by atoms with Crippen molar-refractivity contribution < 1.29 is 10.0 Å². The Kier molecular flexibility index (Phi) is 5.81. The number of halogens is 1. The smallest absolute Gasteiger partial charge is 0.233 e. The lowest BCUT2D eigenvalue weighted by Gasteiger charge is -2.25. The zero-order valence-electron chi connectivity index (χ0n) is 11.1. The predicted molar refractivity (Wildman–Crippen MR) is 80.2 cm³/mol. The maximum atomic E-state index is 12.3. The third-order valence-corrected chi connectivity index (χ3v) is 4.44. The first-order valence-electron chi connectivity index (χ1n) is 5.82. The molecule has 106 valence electrons. The molecule has 1 aromatic heterocycles. The van der Waals surface area contributed by atoms with E-state index in [4.69, 9.17) is 10.9 Å². The van der Waals surface area contributed by atoms with Gasteiger partial charge < -0.3 is 15.8 Å². The minimum Gasteiger partial charge on any atom is -0.409 e. The van der Waals surface area contributed by atoms with Crippen LogP contribution in [0.5, 0.6) is 0 Å². The van der Waals surface area contributed by atoms with Crippen LogP contribution in [0, 0.1) is 11.8 Å². The largest absolute Gasteiger partial charge is 0.409 e. The summed E-state index contributed by atoms with van der Waals surface area (Å²) in [6.07, 6.45) is 0. The van der Waals surface area contributed by atoms with Crippen molar-refractivity contribution in [3.05, 3.63) is 20.8 Å². The van der Waals surface area contributed by atoms with Crippen molar-refractivity contribution in [2.75, 3.05) is 7.05 Å². The van der Waals surface area contributed by atoms with Gasteiger partial charge in [-0.2, -0.15) is 0 Å². The lowest BCUT2D eigenvalue weighted by atomic mass is 9.93. The second kappa shape index (κ2) is 6.91. The molecule has 1 unspecified atom stereocenters. The summed E-state index contributed by atoms with van der Waals surface area (Å²) in [4.78, 5) is 15.0. The number of rotatable bonds is 5. The minimum atomic E-state index is -0.599. The molecule has 19 heavy (non-hydrogen) atoms. The molecule has 0 saturated carbocycles. The second-order valence-electron chi connectivity index (χ2n) is 4.67. The van der Waals surface area contributed by atoms with Gasteiger partial charge in [0.15, 0.2) is 5.84 Å². The van der Waals surface area contributed by atoms with E-state index in [1.165, 1.54) is 0 Å². The number of carbonyl (C=O) groups is 1. The van der Waals surface area contributed by atoms with E-state index in [1.807, 2.05) is 25.3 Å². The molecule has 0 aliphatic carbocycles. The quantitative estimate of drug-likeness (QED) is 0.371. The molecular weight excluding hydrogens is 330 g/mol. The van der Waals surface area contributed by atoms with Crippen LogP contribution in [0.2, 0.25) is 0 Å². The summed E-state index contributed by atoms with van der Waals surface area (Å²) in [7, 11) is 1.72. The summed E-state index contributed by atoms with van der Waals surface area (Å²) >= 11 is 4.96. The van der Waals surface area contributed by atoms with Crippen molar-refractivity contribution in [2.45, 2.75) is 20.4 Å². The molecule has 1 atom stereocenters. The van der Waals surface area contributed by atoms with E-state index >= 15 is 0 Å². The van der Waals surface area contributed by atoms with Crippen molar-refractivity contribution in [3.8, 4) is 0 Å². The number of amides is 1. The van der Waals surface area contributed by atoms with Crippen LogP contribution in [0.3, 0.4) is 0 Å². The van der Waals surface area contributed by atoms with Gasteiger partial charge in [0, 0.05) is 21.8 Å². The van der Waals surface area contributed by atoms with E-state index in [0.717, 1.165) is 9.35 Å². The first kappa shape index (κ1) is 16.0. The third kappa shape index (κ3) is 4.21. The zero-order chi connectivity index (χ0) is 14.6. The van der Waals surface area contributed by atoms with Crippen LogP contribution in [-0.2, 0) is 11.3 Å². The molecule has 0 aliphatic rings. The van der Waals surface area contributed by atoms with Gasteiger partial charge in [0.05, 0.1) is 6.54 Å². The molecule has 0 bridgehead atoms. The fraction of sp³-hybridized carbons (Fsp3) is 0.500. The highest BCUT2D eigenvalue weighted by Crippen LogP contribution is 2.22. The number of oxime groups is 1. The fourth-order valence-corrected chi connectivity index (χ4v) is 3.30. The first-order chi connectivity index (χ1) is 8.86. The summed E-state index contributed by atoms with van der Waals surface area (Å²) in [6, 6.07) is 1.97. The second-order valence-corrected chi connectivity index (χ2v) is 6.58. The number of thiophene rings is 1. The molecule has 1 rings (SSSR count). The predicted octanol–water partition coefficient (Wildman–Crippen LogP) is 2.49. The maximum absolute atomic E-state index is 12.3. The number of hydrogen-bond acceptors (Lipinski definition) is 4. The van der Waals surface area contributed by atoms with Gasteiger partial charge in [-0.25, -0.2) is 0 Å². The van der Waals surface area contributed by atoms with Gasteiger partial charge in [-0.3, -0.25) is 4.79 Å². The Bertz CT molecular complexity index is 473. The molecule has 0 saturated heterocycles. The number of hydrogen-bond donors (Lipinski definition) is 2. The van der Waals surface area contributed by atoms with Gasteiger partial charge in [-0.1, -0.05) is 19.0 Å². The van der Waals surface area contributed by atoms with Gasteiger partial charge in [0.2, 0.25) is 5.91 Å². The molecule has 0 aliphatic heterocycles. The van der Waals surface area contributed by atoms with E-state index in [2.05, 4.69) is 21.1 Å². The number of nitrogens with two attached hydrogens (primary N) is 1. The topological polar surface area (TPSA) is 78.9 Å². The van der Waals surface area contributed by atoms with Gasteiger partial charge in [-0.15, -0.1) is 11.3 Å². The van der Waals surface area contributed by atoms with E-state index in [1.54, 1.807) is 23.3 Å². The maximum Gasteiger partial charge on any atom is 0.233 e. The highest BCUT2D eigenvalue weighted by molar-refractivity contribution is 9.10. The average Bonchev–Trinajstić information content (AvgIpc) is 2.73. The molecule has 0 aromatic carbocycles. The van der Waals surface area contributed by atoms with Gasteiger partial charge >= 0.3 is 0 Å². The van der Waals surface area contributed by atoms with Crippen molar-refractivity contribution in [2.24, 2.45) is 22.7 Å². The summed E-state index contributed by atoms with van der Waals surface area (Å²) in [5.41, 5.74) is 5.60. The van der Waals surface area contributed by atoms with E-state index < -0.39 is 5.92 Å². The molecule has 3 N–H and O–H groups in total. The molecule has 0 radical (unpaired) electrons. The lowest BCUT2D eigenvalue weighted by Crippen LogP contribution is -2.42. The van der Waals surface area contributed by atoms with Crippen molar-refractivity contribution >= 4 is 39.0 Å². The standard InChI is InChI=1S/C12H18BrN3O2S/c1-7(2)10(11(14)15-18)12(17)16(3)5-9-4-8(13)6-19-9/h4,6-7,10,18H,5H2,1-3H3,(H2,14,15). The van der Waals surface area contributed by atoms with Crippen molar-refractivity contribution in [1.82, 2.24) is 4.90 Å². The SMILES string of the molecule is CC(C)C(C(=O)N(C)Cc1cc(Br)cs1)C(N)=NO. The van der Waals surface area contributed by atoms with Crippen LogP contribution in [0.15, 0.2) is 21.1 Å². The Balaban J connectivity index is 2.79. The Morgan fingerprint density at radius 3 is 2.68 bits per heavy atom. The van der Waals surface area contributed by atoms with Crippen LogP contribution in [0.1, 0.15) is 18.7 Å². The summed E-state index contributed by atoms with van der Waals surface area (Å²) in [6.45, 7) is 4.25. The molecule has 1 amide bonds. The van der Waals surface area contributed by atoms with Crippen LogP contribution in [0.25, 0.3) is 0 Å². The van der Waals surface area contributed by atoms with Gasteiger partial charge in [0.25, 0.3) is 0 Å². The molecule has 5 nitrogen and oxygen atoms in total. The summed E-state index contributed by atoms with van der Waals surface area (Å²) in [5.74, 6) is -0.812. The Morgan fingerprint density at radius 2 is 2.26 bits per heavy atom. The molecule has 0 fully saturated rings. The first-order valence-corrected chi connectivity index (χ1v) is 7.49. The average molecular weight is 348 g/mol. The molecule has 1 heterocycles. The molecule has 0 spiro atoms. The van der Waals surface area contributed by atoms with E-state index in [9.17, 15) is 4.79 Å². The number of nitrogens with zero attached hydrogens (tertiary/aromatic N) is 2. The van der Waals surface area contributed by atoms with Crippen LogP contribution >= 0.6 is 27.3 Å². The highest BCUT2D eigenvalue weighted by Gasteiger charge is 2.29. The van der Waals surface area contributed by atoms with E-state index in [-0.39, 0.29) is 17.7 Å². The monoisotopic (exact) mass is 347 g/mol. The van der Waals surface area contributed by atoms with Crippen LogP contribution in [0.4, 0.5) is 0 Å². The minimum absolute atomic E-state index is 0.0269. The van der Waals surface area contributed by atoms with Gasteiger partial charge in [0.1, 0.15) is 5.92 Å². The molecular formula is C12H18BrN3O2S. The Hall–Kier alpha value is -1.08. The number of carbonyl (C=O) groups excluding carboxylic acids is 1. The fourth-order valence-electron chi connectivity index (χ4n) is 1.80. The van der Waals surface area contributed by atoms with Crippen molar-refractivity contribution in [1.29, 1.82) is 0 Å². The lowest BCUT2D eigenvalue weighted by molar-refractivity contribution is -0.133. The zero-order valence-corrected chi connectivity index (χ0v) is 13.5. The Labute approximate surface area is 125 Å². The normalized spacial score (nSPS) is 13.6. The molecule has 1 aromatic rings. The molecule has 7 heteroatoms. The van der Waals surface area contributed by atoms with Crippen LogP contribution < -0.4 is 5.73 Å². The Morgan fingerprint density at radius 1 is 1.63 bits per heavy atom. The third-order valence-electron chi connectivity index (χ3n) is 2.76. The number of amidine groups is 1. The highest BCUT2D eigenvalue weighted by atomic mass is 79.9. The van der Waals surface area contributed by atoms with E-state index in [0.29, 0.717) is 6.54 Å². The summed E-state index contributed by atoms with van der Waals surface area (Å²) < 4.78 is 1.00. The van der Waals surface area contributed by atoms with Crippen molar-refractivity contribution in [3.63, 3.8) is 0 Å². The summed E-state index contributed by atoms with van der Waals surface area (Å²) in [5, 5.41) is 13.7.